The number of sulfonamides is 1. The van der Waals surface area contributed by atoms with E-state index < -0.39 is 10.0 Å². The second-order valence-electron chi connectivity index (χ2n) is 7.39. The zero-order valence-corrected chi connectivity index (χ0v) is 19.7. The summed E-state index contributed by atoms with van der Waals surface area (Å²) in [6, 6.07) is 6.15. The van der Waals surface area contributed by atoms with Crippen LogP contribution in [-0.4, -0.2) is 69.4 Å². The topological polar surface area (TPSA) is 113 Å². The number of aryl methyl sites for hydroxylation is 2. The van der Waals surface area contributed by atoms with Crippen LogP contribution < -0.4 is 5.32 Å². The number of nitrogens with one attached hydrogen (secondary N) is 1. The van der Waals surface area contributed by atoms with Gasteiger partial charge in [-0.05, 0) is 32.0 Å². The Kier molecular flexibility index (Phi) is 6.26. The molecule has 3 aromatic rings. The first-order valence-electron chi connectivity index (χ1n) is 9.83. The quantitative estimate of drug-likeness (QED) is 0.591. The molecule has 1 fully saturated rings. The molecule has 1 aliphatic heterocycles. The van der Waals surface area contributed by atoms with E-state index in [0.717, 1.165) is 11.4 Å². The van der Waals surface area contributed by atoms with Crippen molar-refractivity contribution in [2.45, 2.75) is 25.3 Å². The molecule has 1 N–H and O–H groups in total. The van der Waals surface area contributed by atoms with Crippen molar-refractivity contribution in [2.75, 3.05) is 26.2 Å². The van der Waals surface area contributed by atoms with E-state index in [-0.39, 0.29) is 53.7 Å². The Morgan fingerprint density at radius 3 is 2.41 bits per heavy atom. The number of rotatable bonds is 4. The minimum absolute atomic E-state index is 0.0678. The van der Waals surface area contributed by atoms with Crippen molar-refractivity contribution in [3.63, 3.8) is 0 Å². The number of amides is 2. The highest BCUT2D eigenvalue weighted by atomic mass is 35.5. The largest absolute Gasteiger partial charge is 0.331 e. The molecule has 2 amide bonds. The average molecular weight is 498 g/mol. The number of fused-ring (bicyclic) bond motifs is 1. The number of aromatic nitrogens is 4. The lowest BCUT2D eigenvalue weighted by Crippen LogP contribution is -2.53. The lowest BCUT2D eigenvalue weighted by Gasteiger charge is -2.34. The zero-order valence-electron chi connectivity index (χ0n) is 17.4. The molecule has 13 heteroatoms. The molecule has 3 heterocycles. The van der Waals surface area contributed by atoms with E-state index in [4.69, 9.17) is 23.2 Å². The van der Waals surface area contributed by atoms with Gasteiger partial charge in [-0.25, -0.2) is 18.2 Å². The molecule has 1 aliphatic rings. The van der Waals surface area contributed by atoms with Crippen LogP contribution in [0.1, 0.15) is 17.2 Å². The molecule has 2 aromatic heterocycles. The van der Waals surface area contributed by atoms with Crippen LogP contribution in [0.25, 0.3) is 5.78 Å². The van der Waals surface area contributed by atoms with Crippen molar-refractivity contribution < 1.29 is 13.2 Å². The summed E-state index contributed by atoms with van der Waals surface area (Å²) in [7, 11) is -3.87. The molecule has 0 spiro atoms. The molecule has 1 aromatic carbocycles. The van der Waals surface area contributed by atoms with E-state index in [9.17, 15) is 13.2 Å². The van der Waals surface area contributed by atoms with Gasteiger partial charge in [0, 0.05) is 37.6 Å². The van der Waals surface area contributed by atoms with Gasteiger partial charge in [0.25, 0.3) is 5.78 Å². The van der Waals surface area contributed by atoms with E-state index in [1.165, 1.54) is 16.4 Å². The molecule has 170 valence electrons. The maximum absolute atomic E-state index is 13.0. The van der Waals surface area contributed by atoms with Gasteiger partial charge in [-0.1, -0.05) is 29.3 Å². The standard InChI is InChI=1S/C19H21Cl2N7O3S/c1-12-10-13(2)28-16(24-25-18(28)23-12)11-22-19(29)26-6-8-27(9-7-26)32(30,31)17-14(20)4-3-5-15(17)21/h3-5,10H,6-9,11H2,1-2H3,(H,22,29). The molecule has 0 radical (unpaired) electrons. The fourth-order valence-corrected chi connectivity index (χ4v) is 6.18. The fourth-order valence-electron chi connectivity index (χ4n) is 3.67. The molecule has 32 heavy (non-hydrogen) atoms. The summed E-state index contributed by atoms with van der Waals surface area (Å²) < 4.78 is 29.0. The second-order valence-corrected chi connectivity index (χ2v) is 10.1. The Balaban J connectivity index is 1.39. The van der Waals surface area contributed by atoms with E-state index in [0.29, 0.717) is 11.6 Å². The second kappa shape index (κ2) is 8.81. The zero-order chi connectivity index (χ0) is 23.0. The van der Waals surface area contributed by atoms with E-state index in [2.05, 4.69) is 20.5 Å². The van der Waals surface area contributed by atoms with Crippen molar-refractivity contribution in [1.29, 1.82) is 0 Å². The first-order valence-corrected chi connectivity index (χ1v) is 12.0. The van der Waals surface area contributed by atoms with Crippen molar-refractivity contribution in [3.05, 3.63) is 51.5 Å². The molecule has 1 saturated heterocycles. The summed E-state index contributed by atoms with van der Waals surface area (Å²) in [4.78, 5) is 18.4. The molecule has 0 unspecified atom stereocenters. The van der Waals surface area contributed by atoms with Gasteiger partial charge in [0.05, 0.1) is 16.6 Å². The predicted octanol–water partition coefficient (Wildman–Crippen LogP) is 2.26. The first kappa shape index (κ1) is 22.7. The van der Waals surface area contributed by atoms with Crippen LogP contribution in [0, 0.1) is 13.8 Å². The van der Waals surface area contributed by atoms with Crippen LogP contribution in [0.5, 0.6) is 0 Å². The molecular formula is C19H21Cl2N7O3S. The minimum Gasteiger partial charge on any atom is -0.331 e. The van der Waals surface area contributed by atoms with Gasteiger partial charge in [-0.3, -0.25) is 4.40 Å². The number of carbonyl (C=O) groups excluding carboxylic acids is 1. The molecule has 0 atom stereocenters. The van der Waals surface area contributed by atoms with Crippen LogP contribution >= 0.6 is 23.2 Å². The van der Waals surface area contributed by atoms with Crippen LogP contribution in [0.4, 0.5) is 4.79 Å². The highest BCUT2D eigenvalue weighted by molar-refractivity contribution is 7.89. The number of piperazine rings is 1. The Morgan fingerprint density at radius 2 is 1.75 bits per heavy atom. The third-order valence-corrected chi connectivity index (χ3v) is 8.05. The highest BCUT2D eigenvalue weighted by Crippen LogP contribution is 2.31. The Labute approximate surface area is 195 Å². The first-order chi connectivity index (χ1) is 15.2. The van der Waals surface area contributed by atoms with Gasteiger partial charge in [-0.2, -0.15) is 4.31 Å². The molecule has 0 bridgehead atoms. The Morgan fingerprint density at radius 1 is 1.09 bits per heavy atom. The number of halogens is 2. The number of urea groups is 1. The van der Waals surface area contributed by atoms with Crippen LogP contribution in [0.3, 0.4) is 0 Å². The maximum Gasteiger partial charge on any atom is 0.317 e. The van der Waals surface area contributed by atoms with E-state index in [1.807, 2.05) is 19.9 Å². The summed E-state index contributed by atoms with van der Waals surface area (Å²) in [6.45, 7) is 4.69. The SMILES string of the molecule is Cc1cc(C)n2c(CNC(=O)N3CCN(S(=O)(=O)c4c(Cl)cccc4Cl)CC3)nnc2n1. The third kappa shape index (κ3) is 4.25. The number of benzene rings is 1. The highest BCUT2D eigenvalue weighted by Gasteiger charge is 2.33. The summed E-state index contributed by atoms with van der Waals surface area (Å²) in [5.74, 6) is 1.04. The van der Waals surface area contributed by atoms with Crippen molar-refractivity contribution in [1.82, 2.24) is 34.1 Å². The Bertz CT molecular complexity index is 1270. The number of hydrogen-bond donors (Lipinski definition) is 1. The molecular weight excluding hydrogens is 477 g/mol. The van der Waals surface area contributed by atoms with Crippen LogP contribution in [0.15, 0.2) is 29.2 Å². The van der Waals surface area contributed by atoms with Gasteiger partial charge in [0.15, 0.2) is 5.82 Å². The van der Waals surface area contributed by atoms with Gasteiger partial charge in [0.1, 0.15) is 4.90 Å². The lowest BCUT2D eigenvalue weighted by atomic mass is 10.3. The number of carbonyl (C=O) groups is 1. The van der Waals surface area contributed by atoms with Crippen LogP contribution in [-0.2, 0) is 16.6 Å². The van der Waals surface area contributed by atoms with Crippen molar-refractivity contribution >= 4 is 45.0 Å². The molecule has 0 saturated carbocycles. The summed E-state index contributed by atoms with van der Waals surface area (Å²) in [6.07, 6.45) is 0. The fraction of sp³-hybridized carbons (Fsp3) is 0.368. The molecule has 0 aliphatic carbocycles. The molecule has 10 nitrogen and oxygen atoms in total. The summed E-state index contributed by atoms with van der Waals surface area (Å²) in [5.41, 5.74) is 1.75. The van der Waals surface area contributed by atoms with E-state index in [1.54, 1.807) is 15.4 Å². The smallest absolute Gasteiger partial charge is 0.317 e. The summed E-state index contributed by atoms with van der Waals surface area (Å²) >= 11 is 12.2. The monoisotopic (exact) mass is 497 g/mol. The normalized spacial score (nSPS) is 15.3. The van der Waals surface area contributed by atoms with Gasteiger partial charge in [-0.15, -0.1) is 10.2 Å². The van der Waals surface area contributed by atoms with Gasteiger partial charge < -0.3 is 10.2 Å². The number of hydrogen-bond acceptors (Lipinski definition) is 6. The molecule has 4 rings (SSSR count). The maximum atomic E-state index is 13.0. The van der Waals surface area contributed by atoms with Crippen LogP contribution in [0.2, 0.25) is 10.0 Å². The van der Waals surface area contributed by atoms with Gasteiger partial charge in [0.2, 0.25) is 10.0 Å². The lowest BCUT2D eigenvalue weighted by molar-refractivity contribution is 0.171. The predicted molar refractivity (Wildman–Crippen MR) is 119 cm³/mol. The van der Waals surface area contributed by atoms with Crippen molar-refractivity contribution in [3.8, 4) is 0 Å². The van der Waals surface area contributed by atoms with Crippen molar-refractivity contribution in [2.24, 2.45) is 0 Å². The van der Waals surface area contributed by atoms with Gasteiger partial charge >= 0.3 is 6.03 Å². The number of nitrogens with zero attached hydrogens (tertiary/aromatic N) is 6. The summed E-state index contributed by atoms with van der Waals surface area (Å²) in [5, 5.41) is 11.1. The Hall–Kier alpha value is -2.47. The minimum atomic E-state index is -3.87. The van der Waals surface area contributed by atoms with E-state index >= 15 is 0 Å². The average Bonchev–Trinajstić information content (AvgIpc) is 3.15. The third-order valence-electron chi connectivity index (χ3n) is 5.20.